The molecule has 1 aliphatic carbocycles. The summed E-state index contributed by atoms with van der Waals surface area (Å²) in [5, 5.41) is 9.08. The Labute approximate surface area is 234 Å². The van der Waals surface area contributed by atoms with E-state index in [4.69, 9.17) is 9.84 Å². The number of aliphatic hydroxyl groups excluding tert-OH is 1. The van der Waals surface area contributed by atoms with E-state index in [2.05, 4.69) is 4.90 Å². The fourth-order valence-electron chi connectivity index (χ4n) is 6.00. The van der Waals surface area contributed by atoms with Crippen LogP contribution in [0.25, 0.3) is 0 Å². The van der Waals surface area contributed by atoms with Gasteiger partial charge in [-0.2, -0.15) is 4.31 Å². The summed E-state index contributed by atoms with van der Waals surface area (Å²) < 4.78 is 64.7. The Morgan fingerprint density at radius 3 is 2.48 bits per heavy atom. The van der Waals surface area contributed by atoms with Crippen LogP contribution in [0.15, 0.2) is 47.4 Å². The molecule has 8 nitrogen and oxygen atoms in total. The molecule has 2 saturated heterocycles. The van der Waals surface area contributed by atoms with E-state index in [-0.39, 0.29) is 11.5 Å². The highest BCUT2D eigenvalue weighted by Gasteiger charge is 2.60. The van der Waals surface area contributed by atoms with Crippen molar-refractivity contribution >= 4 is 16.1 Å². The summed E-state index contributed by atoms with van der Waals surface area (Å²) in [5.41, 5.74) is -0.144. The topological polar surface area (TPSA) is 90.4 Å². The Morgan fingerprint density at radius 1 is 1.07 bits per heavy atom. The van der Waals surface area contributed by atoms with E-state index >= 15 is 0 Å². The van der Waals surface area contributed by atoms with Gasteiger partial charge in [0.2, 0.25) is 10.0 Å². The number of hydrogen-bond donors (Lipinski definition) is 1. The van der Waals surface area contributed by atoms with Gasteiger partial charge in [-0.25, -0.2) is 22.0 Å². The van der Waals surface area contributed by atoms with Gasteiger partial charge in [0.25, 0.3) is 0 Å². The Bertz CT molecular complexity index is 1330. The van der Waals surface area contributed by atoms with Crippen LogP contribution in [0.2, 0.25) is 0 Å². The number of aryl methyl sites for hydroxylation is 1. The molecule has 2 aliphatic heterocycles. The van der Waals surface area contributed by atoms with Crippen molar-refractivity contribution in [1.82, 2.24) is 14.1 Å². The summed E-state index contributed by atoms with van der Waals surface area (Å²) in [6.07, 6.45) is 2.86. The molecule has 0 aromatic heterocycles. The first-order chi connectivity index (χ1) is 19.1. The van der Waals surface area contributed by atoms with Crippen LogP contribution in [0, 0.1) is 18.6 Å². The predicted molar refractivity (Wildman–Crippen MR) is 145 cm³/mol. The van der Waals surface area contributed by atoms with E-state index < -0.39 is 45.4 Å². The molecular formula is C29H37F2N3O5S. The van der Waals surface area contributed by atoms with E-state index in [1.54, 1.807) is 24.0 Å². The number of piperidine rings is 1. The molecule has 0 radical (unpaired) electrons. The molecule has 11 heteroatoms. The summed E-state index contributed by atoms with van der Waals surface area (Å²) in [6.45, 7) is 4.77. The predicted octanol–water partition coefficient (Wildman–Crippen LogP) is 4.23. The van der Waals surface area contributed by atoms with Crippen LogP contribution in [0.4, 0.5) is 13.6 Å². The summed E-state index contributed by atoms with van der Waals surface area (Å²) in [5.74, 6) is -1.09. The van der Waals surface area contributed by atoms with Crippen LogP contribution in [0.3, 0.4) is 0 Å². The second-order valence-electron chi connectivity index (χ2n) is 11.1. The number of nitrogens with zero attached hydrogens (tertiary/aromatic N) is 3. The van der Waals surface area contributed by atoms with Crippen LogP contribution in [-0.2, 0) is 14.8 Å². The molecule has 1 saturated carbocycles. The number of carbonyl (C=O) groups is 1. The van der Waals surface area contributed by atoms with Gasteiger partial charge in [0.1, 0.15) is 17.2 Å². The monoisotopic (exact) mass is 577 g/mol. The molecule has 2 heterocycles. The van der Waals surface area contributed by atoms with Crippen molar-refractivity contribution in [2.45, 2.75) is 68.0 Å². The molecule has 1 N–H and O–H groups in total. The Hall–Kier alpha value is -2.60. The highest BCUT2D eigenvalue weighted by Crippen LogP contribution is 2.52. The van der Waals surface area contributed by atoms with E-state index in [9.17, 15) is 22.0 Å². The average Bonchev–Trinajstić information content (AvgIpc) is 3.73. The number of halogens is 2. The molecule has 0 spiro atoms. The molecule has 218 valence electrons. The minimum Gasteiger partial charge on any atom is -0.441 e. The van der Waals surface area contributed by atoms with E-state index in [1.165, 1.54) is 28.6 Å². The molecule has 3 fully saturated rings. The summed E-state index contributed by atoms with van der Waals surface area (Å²) in [7, 11) is -4.24. The number of rotatable bonds is 8. The smallest absolute Gasteiger partial charge is 0.410 e. The lowest BCUT2D eigenvalue weighted by Gasteiger charge is -2.45. The largest absolute Gasteiger partial charge is 0.441 e. The normalized spacial score (nSPS) is 23.6. The third-order valence-corrected chi connectivity index (χ3v) is 10.3. The quantitative estimate of drug-likeness (QED) is 0.505. The van der Waals surface area contributed by atoms with Gasteiger partial charge in [-0.05, 0) is 80.8 Å². The zero-order valence-electron chi connectivity index (χ0n) is 22.8. The van der Waals surface area contributed by atoms with Crippen LogP contribution in [-0.4, -0.2) is 84.7 Å². The molecule has 3 aliphatic rings. The lowest BCUT2D eigenvalue weighted by Crippen LogP contribution is -2.55. The number of benzene rings is 2. The Kier molecular flexibility index (Phi) is 8.47. The highest BCUT2D eigenvalue weighted by atomic mass is 32.2. The van der Waals surface area contributed by atoms with Crippen molar-refractivity contribution in [3.05, 3.63) is 65.2 Å². The molecule has 5 rings (SSSR count). The van der Waals surface area contributed by atoms with Crippen molar-refractivity contribution < 1.29 is 31.8 Å². The van der Waals surface area contributed by atoms with E-state index in [1.807, 2.05) is 0 Å². The molecule has 2 aromatic carbocycles. The third kappa shape index (κ3) is 5.88. The van der Waals surface area contributed by atoms with Crippen LogP contribution in [0.5, 0.6) is 0 Å². The first-order valence-electron chi connectivity index (χ1n) is 14.0. The molecule has 40 heavy (non-hydrogen) atoms. The lowest BCUT2D eigenvalue weighted by molar-refractivity contribution is -0.0142. The van der Waals surface area contributed by atoms with Gasteiger partial charge in [-0.15, -0.1) is 0 Å². The van der Waals surface area contributed by atoms with E-state index in [0.717, 1.165) is 12.6 Å². The Balaban J connectivity index is 1.43. The van der Waals surface area contributed by atoms with Crippen molar-refractivity contribution in [3.8, 4) is 0 Å². The number of ether oxygens (including phenoxy) is 1. The van der Waals surface area contributed by atoms with Crippen LogP contribution in [0.1, 0.15) is 55.7 Å². The van der Waals surface area contributed by atoms with Crippen LogP contribution >= 0.6 is 0 Å². The SMILES string of the molecule is Cc1ccc(S(=O)(=O)N2[C@H](c3cccc(F)c3)CCC[C@@H]2C2(OC(=O)N3CCN(CCCO)CC3)CC2)cc1F. The average molecular weight is 578 g/mol. The standard InChI is InChI=1S/C29H37F2N3O5S/c1-21-9-10-24(20-25(21)31)40(37,38)34-26(22-5-2-6-23(30)19-22)7-3-8-27(34)29(11-12-29)39-28(36)33-16-14-32(15-17-33)13-4-18-35/h2,5-6,9-10,19-20,26-27,35H,3-4,7-8,11-18H2,1H3/t26-,27+/m0/s1. The van der Waals surface area contributed by atoms with Crippen molar-refractivity contribution in [1.29, 1.82) is 0 Å². The maximum absolute atomic E-state index is 14.5. The molecule has 1 amide bonds. The first-order valence-corrected chi connectivity index (χ1v) is 15.4. The molecule has 0 bridgehead atoms. The third-order valence-electron chi connectivity index (χ3n) is 8.43. The maximum atomic E-state index is 14.5. The zero-order chi connectivity index (χ0) is 28.5. The second kappa shape index (κ2) is 11.7. The molecule has 2 atom stereocenters. The molecule has 0 unspecified atom stereocenters. The minimum absolute atomic E-state index is 0.122. The first kappa shape index (κ1) is 28.9. The van der Waals surface area contributed by atoms with Crippen molar-refractivity contribution in [2.75, 3.05) is 39.3 Å². The number of hydrogen-bond acceptors (Lipinski definition) is 6. The fraction of sp³-hybridized carbons (Fsp3) is 0.552. The van der Waals surface area contributed by atoms with Gasteiger partial charge in [0, 0.05) is 39.3 Å². The second-order valence-corrected chi connectivity index (χ2v) is 12.9. The summed E-state index contributed by atoms with van der Waals surface area (Å²) in [4.78, 5) is 17.0. The van der Waals surface area contributed by atoms with E-state index in [0.29, 0.717) is 75.8 Å². The lowest BCUT2D eigenvalue weighted by atomic mass is 9.90. The minimum atomic E-state index is -4.24. The number of carbonyl (C=O) groups excluding carboxylic acids is 1. The fourth-order valence-corrected chi connectivity index (χ4v) is 7.93. The van der Waals surface area contributed by atoms with Gasteiger partial charge in [0.05, 0.1) is 17.0 Å². The van der Waals surface area contributed by atoms with Crippen LogP contribution < -0.4 is 0 Å². The summed E-state index contributed by atoms with van der Waals surface area (Å²) >= 11 is 0. The Morgan fingerprint density at radius 2 is 1.82 bits per heavy atom. The summed E-state index contributed by atoms with van der Waals surface area (Å²) in [6, 6.07) is 8.41. The van der Waals surface area contributed by atoms with Gasteiger partial charge in [-0.1, -0.05) is 18.2 Å². The highest BCUT2D eigenvalue weighted by molar-refractivity contribution is 7.89. The molecule has 2 aromatic rings. The number of aliphatic hydroxyl groups is 1. The van der Waals surface area contributed by atoms with Crippen molar-refractivity contribution in [2.24, 2.45) is 0 Å². The number of piperazine rings is 1. The van der Waals surface area contributed by atoms with Gasteiger partial charge in [0.15, 0.2) is 0 Å². The zero-order valence-corrected chi connectivity index (χ0v) is 23.6. The van der Waals surface area contributed by atoms with Gasteiger partial charge < -0.3 is 14.7 Å². The maximum Gasteiger partial charge on any atom is 0.410 e. The van der Waals surface area contributed by atoms with Crippen molar-refractivity contribution in [3.63, 3.8) is 0 Å². The van der Waals surface area contributed by atoms with Gasteiger partial charge >= 0.3 is 6.09 Å². The number of sulfonamides is 1. The molecular weight excluding hydrogens is 540 g/mol. The number of amides is 1. The van der Waals surface area contributed by atoms with Gasteiger partial charge in [-0.3, -0.25) is 4.90 Å².